The summed E-state index contributed by atoms with van der Waals surface area (Å²) in [4.78, 5) is 49.9. The lowest BCUT2D eigenvalue weighted by Crippen LogP contribution is -2.53. The Morgan fingerprint density at radius 2 is 1.72 bits per heavy atom. The van der Waals surface area contributed by atoms with Crippen LogP contribution in [0.25, 0.3) is 17.4 Å². The number of carbonyl (C=O) groups is 4. The van der Waals surface area contributed by atoms with Gasteiger partial charge in [-0.15, -0.1) is 0 Å². The van der Waals surface area contributed by atoms with E-state index in [9.17, 15) is 19.2 Å². The van der Waals surface area contributed by atoms with Crippen molar-refractivity contribution in [3.05, 3.63) is 89.2 Å². The number of methoxy groups -OCH3 is 1. The molecule has 0 spiro atoms. The van der Waals surface area contributed by atoms with E-state index >= 15 is 0 Å². The number of nitrogens with one attached hydrogen (secondary N) is 1. The number of imide groups is 2. The number of nitrogens with zero attached hydrogens (tertiary/aromatic N) is 1. The summed E-state index contributed by atoms with van der Waals surface area (Å²) in [6.07, 6.45) is 1.30. The highest BCUT2D eigenvalue weighted by molar-refractivity contribution is 6.30. The molecule has 1 aromatic heterocycles. The number of carbonyl (C=O) groups excluding carboxylic acids is 4. The van der Waals surface area contributed by atoms with Gasteiger partial charge in [-0.25, -0.2) is 9.59 Å². The van der Waals surface area contributed by atoms with Crippen molar-refractivity contribution in [3.63, 3.8) is 0 Å². The zero-order chi connectivity index (χ0) is 22.7. The van der Waals surface area contributed by atoms with E-state index in [0.717, 1.165) is 10.5 Å². The van der Waals surface area contributed by atoms with Crippen LogP contribution in [0.15, 0.2) is 76.7 Å². The SMILES string of the molecule is COC(=O)c1ccc(-c2ccc(C=C3C(=O)NC(=O)N(Cc4ccccc4)C3=O)o2)cc1. The number of benzene rings is 2. The molecule has 0 saturated carbocycles. The normalized spacial score (nSPS) is 15.1. The third kappa shape index (κ3) is 4.20. The van der Waals surface area contributed by atoms with Crippen molar-refractivity contribution in [1.82, 2.24) is 10.2 Å². The standard InChI is InChI=1S/C24H18N2O6/c1-31-23(29)17-9-7-16(8-10-17)20-12-11-18(32-20)13-19-21(27)25-24(30)26(22(19)28)14-15-5-3-2-4-6-15/h2-13H,14H2,1H3,(H,25,27,30). The van der Waals surface area contributed by atoms with Gasteiger partial charge in [-0.05, 0) is 35.9 Å². The smallest absolute Gasteiger partial charge is 0.337 e. The minimum Gasteiger partial charge on any atom is -0.465 e. The molecule has 1 fully saturated rings. The van der Waals surface area contributed by atoms with Crippen LogP contribution >= 0.6 is 0 Å². The average molecular weight is 430 g/mol. The number of hydrogen-bond donors (Lipinski definition) is 1. The van der Waals surface area contributed by atoms with Gasteiger partial charge in [-0.3, -0.25) is 19.8 Å². The topological polar surface area (TPSA) is 106 Å². The highest BCUT2D eigenvalue weighted by Crippen LogP contribution is 2.25. The Hall–Kier alpha value is -4.46. The van der Waals surface area contributed by atoms with E-state index in [0.29, 0.717) is 16.9 Å². The van der Waals surface area contributed by atoms with Crippen LogP contribution in [0.2, 0.25) is 0 Å². The Morgan fingerprint density at radius 1 is 1.00 bits per heavy atom. The maximum atomic E-state index is 12.9. The lowest BCUT2D eigenvalue weighted by atomic mass is 10.1. The molecule has 1 aliphatic rings. The largest absolute Gasteiger partial charge is 0.465 e. The van der Waals surface area contributed by atoms with Crippen LogP contribution in [0.3, 0.4) is 0 Å². The van der Waals surface area contributed by atoms with Crippen molar-refractivity contribution in [3.8, 4) is 11.3 Å². The summed E-state index contributed by atoms with van der Waals surface area (Å²) in [7, 11) is 1.31. The Morgan fingerprint density at radius 3 is 2.41 bits per heavy atom. The van der Waals surface area contributed by atoms with Crippen LogP contribution in [0.4, 0.5) is 4.79 Å². The number of furan rings is 1. The molecule has 3 aromatic rings. The second kappa shape index (κ2) is 8.73. The van der Waals surface area contributed by atoms with Gasteiger partial charge in [-0.2, -0.15) is 0 Å². The molecule has 1 N–H and O–H groups in total. The molecule has 8 heteroatoms. The number of amides is 4. The quantitative estimate of drug-likeness (QED) is 0.378. The molecule has 0 radical (unpaired) electrons. The van der Waals surface area contributed by atoms with E-state index in [1.807, 2.05) is 6.07 Å². The predicted molar refractivity (Wildman–Crippen MR) is 114 cm³/mol. The van der Waals surface area contributed by atoms with Gasteiger partial charge in [0.1, 0.15) is 17.1 Å². The second-order valence-electron chi connectivity index (χ2n) is 6.97. The monoisotopic (exact) mass is 430 g/mol. The molecule has 0 aliphatic carbocycles. The summed E-state index contributed by atoms with van der Waals surface area (Å²) in [6, 6.07) is 18.1. The first kappa shape index (κ1) is 20.8. The summed E-state index contributed by atoms with van der Waals surface area (Å²) < 4.78 is 10.4. The highest BCUT2D eigenvalue weighted by Gasteiger charge is 2.35. The van der Waals surface area contributed by atoms with Crippen molar-refractivity contribution >= 4 is 29.9 Å². The second-order valence-corrected chi connectivity index (χ2v) is 6.97. The number of ether oxygens (including phenoxy) is 1. The maximum Gasteiger partial charge on any atom is 0.337 e. The number of urea groups is 1. The van der Waals surface area contributed by atoms with Gasteiger partial charge in [-0.1, -0.05) is 42.5 Å². The molecular formula is C24H18N2O6. The van der Waals surface area contributed by atoms with Crippen molar-refractivity contribution < 1.29 is 28.3 Å². The van der Waals surface area contributed by atoms with E-state index in [1.54, 1.807) is 60.7 Å². The average Bonchev–Trinajstić information content (AvgIpc) is 3.28. The van der Waals surface area contributed by atoms with Crippen LogP contribution in [0, 0.1) is 0 Å². The molecule has 0 unspecified atom stereocenters. The molecule has 4 rings (SSSR count). The van der Waals surface area contributed by atoms with Crippen LogP contribution in [-0.4, -0.2) is 35.8 Å². The van der Waals surface area contributed by atoms with Gasteiger partial charge in [0.25, 0.3) is 11.8 Å². The Bertz CT molecular complexity index is 1220. The van der Waals surface area contributed by atoms with Gasteiger partial charge >= 0.3 is 12.0 Å². The highest BCUT2D eigenvalue weighted by atomic mass is 16.5. The van der Waals surface area contributed by atoms with Crippen molar-refractivity contribution in [2.45, 2.75) is 6.54 Å². The third-order valence-corrected chi connectivity index (χ3v) is 4.87. The van der Waals surface area contributed by atoms with Gasteiger partial charge in [0.2, 0.25) is 0 Å². The Kier molecular flexibility index (Phi) is 5.67. The third-order valence-electron chi connectivity index (χ3n) is 4.87. The summed E-state index contributed by atoms with van der Waals surface area (Å²) in [5.74, 6) is -1.19. The molecule has 32 heavy (non-hydrogen) atoms. The predicted octanol–water partition coefficient (Wildman–Crippen LogP) is 3.40. The van der Waals surface area contributed by atoms with Crippen molar-refractivity contribution in [1.29, 1.82) is 0 Å². The molecule has 8 nitrogen and oxygen atoms in total. The van der Waals surface area contributed by atoms with Gasteiger partial charge in [0.05, 0.1) is 19.2 Å². The fraction of sp³-hybridized carbons (Fsp3) is 0.0833. The molecule has 1 aliphatic heterocycles. The summed E-state index contributed by atoms with van der Waals surface area (Å²) in [5, 5.41) is 2.18. The fourth-order valence-electron chi connectivity index (χ4n) is 3.22. The number of esters is 1. The van der Waals surface area contributed by atoms with Crippen LogP contribution < -0.4 is 5.32 Å². The van der Waals surface area contributed by atoms with Gasteiger partial charge in [0.15, 0.2) is 0 Å². The summed E-state index contributed by atoms with van der Waals surface area (Å²) in [6.45, 7) is 0.0338. The molecule has 0 atom stereocenters. The zero-order valence-corrected chi connectivity index (χ0v) is 17.0. The van der Waals surface area contributed by atoms with Crippen LogP contribution in [0.1, 0.15) is 21.7 Å². The molecular weight excluding hydrogens is 412 g/mol. The van der Waals surface area contributed by atoms with Gasteiger partial charge in [0, 0.05) is 5.56 Å². The number of rotatable bonds is 5. The number of barbiturate groups is 1. The molecule has 2 heterocycles. The lowest BCUT2D eigenvalue weighted by molar-refractivity contribution is -0.130. The first-order valence-electron chi connectivity index (χ1n) is 9.67. The minimum atomic E-state index is -0.787. The van der Waals surface area contributed by atoms with Gasteiger partial charge < -0.3 is 9.15 Å². The molecule has 4 amide bonds. The summed E-state index contributed by atoms with van der Waals surface area (Å²) in [5.41, 5.74) is 1.64. The van der Waals surface area contributed by atoms with Crippen molar-refractivity contribution in [2.75, 3.05) is 7.11 Å². The lowest BCUT2D eigenvalue weighted by Gasteiger charge is -2.26. The van der Waals surface area contributed by atoms with Crippen molar-refractivity contribution in [2.24, 2.45) is 0 Å². The van der Waals surface area contributed by atoms with Crippen LogP contribution in [-0.2, 0) is 20.9 Å². The van der Waals surface area contributed by atoms with E-state index in [-0.39, 0.29) is 17.9 Å². The molecule has 2 aromatic carbocycles. The van der Waals surface area contributed by atoms with Crippen LogP contribution in [0.5, 0.6) is 0 Å². The minimum absolute atomic E-state index is 0.0338. The fourth-order valence-corrected chi connectivity index (χ4v) is 3.22. The first-order valence-corrected chi connectivity index (χ1v) is 9.67. The van der Waals surface area contributed by atoms with E-state index in [1.165, 1.54) is 13.2 Å². The molecule has 160 valence electrons. The molecule has 1 saturated heterocycles. The van der Waals surface area contributed by atoms with E-state index in [2.05, 4.69) is 10.1 Å². The van der Waals surface area contributed by atoms with E-state index in [4.69, 9.17) is 4.42 Å². The maximum absolute atomic E-state index is 12.9. The first-order chi connectivity index (χ1) is 15.5. The number of hydrogen-bond acceptors (Lipinski definition) is 6. The Balaban J connectivity index is 1.57. The zero-order valence-electron chi connectivity index (χ0n) is 17.0. The summed E-state index contributed by atoms with van der Waals surface area (Å²) >= 11 is 0. The molecule has 0 bridgehead atoms. The Labute approximate surface area is 183 Å². The van der Waals surface area contributed by atoms with E-state index < -0.39 is 23.8 Å².